The molecule has 1 atom stereocenters. The first kappa shape index (κ1) is 11.7. The zero-order valence-electron chi connectivity index (χ0n) is 9.50. The van der Waals surface area contributed by atoms with Gasteiger partial charge in [0.1, 0.15) is 11.9 Å². The fourth-order valence-electron chi connectivity index (χ4n) is 1.51. The third-order valence-electron chi connectivity index (χ3n) is 2.79. The normalized spacial score (nSPS) is 17.9. The number of rotatable bonds is 4. The highest BCUT2D eigenvalue weighted by Gasteiger charge is 2.21. The molecule has 1 aliphatic heterocycles. The van der Waals surface area contributed by atoms with Gasteiger partial charge in [0.25, 0.3) is 0 Å². The number of ether oxygens (including phenoxy) is 2. The van der Waals surface area contributed by atoms with Crippen molar-refractivity contribution in [1.82, 2.24) is 5.32 Å². The highest BCUT2D eigenvalue weighted by Crippen LogP contribution is 2.29. The molecule has 0 aliphatic carbocycles. The van der Waals surface area contributed by atoms with E-state index in [4.69, 9.17) is 21.1 Å². The molecule has 1 aromatic carbocycles. The lowest BCUT2D eigenvalue weighted by Gasteiger charge is -2.27. The lowest BCUT2D eigenvalue weighted by atomic mass is 10.1. The molecule has 0 radical (unpaired) electrons. The summed E-state index contributed by atoms with van der Waals surface area (Å²) >= 11 is 6.16. The highest BCUT2D eigenvalue weighted by atomic mass is 35.5. The van der Waals surface area contributed by atoms with Crippen molar-refractivity contribution >= 4 is 11.6 Å². The summed E-state index contributed by atoms with van der Waals surface area (Å²) in [6.45, 7) is 3.40. The Morgan fingerprint density at radius 3 is 2.75 bits per heavy atom. The first-order valence-corrected chi connectivity index (χ1v) is 5.79. The van der Waals surface area contributed by atoms with Crippen LogP contribution in [0.15, 0.2) is 18.2 Å². The molecule has 1 heterocycles. The standard InChI is InChI=1S/C12H16ClNO2/c1-8(14-2)9-3-4-12(11(13)5-9)16-10-6-15-7-10/h3-5,8,10,14H,6-7H2,1-2H3. The molecule has 1 fully saturated rings. The molecule has 3 nitrogen and oxygen atoms in total. The average molecular weight is 242 g/mol. The van der Waals surface area contributed by atoms with E-state index in [1.54, 1.807) is 0 Å². The molecule has 0 spiro atoms. The molecule has 88 valence electrons. The second kappa shape index (κ2) is 5.04. The Morgan fingerprint density at radius 2 is 2.25 bits per heavy atom. The molecule has 4 heteroatoms. The van der Waals surface area contributed by atoms with Crippen molar-refractivity contribution in [3.05, 3.63) is 28.8 Å². The van der Waals surface area contributed by atoms with Crippen molar-refractivity contribution in [3.8, 4) is 5.75 Å². The van der Waals surface area contributed by atoms with Gasteiger partial charge in [-0.15, -0.1) is 0 Å². The second-order valence-electron chi connectivity index (χ2n) is 3.98. The molecule has 1 N–H and O–H groups in total. The number of nitrogens with one attached hydrogen (secondary N) is 1. The Bertz CT molecular complexity index is 366. The van der Waals surface area contributed by atoms with Gasteiger partial charge in [-0.25, -0.2) is 0 Å². The van der Waals surface area contributed by atoms with Crippen molar-refractivity contribution in [2.45, 2.75) is 19.1 Å². The largest absolute Gasteiger partial charge is 0.484 e. The summed E-state index contributed by atoms with van der Waals surface area (Å²) in [7, 11) is 1.93. The number of hydrogen-bond donors (Lipinski definition) is 1. The molecule has 1 aromatic rings. The van der Waals surface area contributed by atoms with E-state index < -0.39 is 0 Å². The van der Waals surface area contributed by atoms with E-state index in [2.05, 4.69) is 12.2 Å². The monoisotopic (exact) mass is 241 g/mol. The zero-order chi connectivity index (χ0) is 11.5. The van der Waals surface area contributed by atoms with Crippen LogP contribution in [0.25, 0.3) is 0 Å². The summed E-state index contributed by atoms with van der Waals surface area (Å²) in [4.78, 5) is 0. The summed E-state index contributed by atoms with van der Waals surface area (Å²) in [6.07, 6.45) is 0.157. The molecule has 1 unspecified atom stereocenters. The summed E-state index contributed by atoms with van der Waals surface area (Å²) in [5.41, 5.74) is 1.16. The topological polar surface area (TPSA) is 30.5 Å². The van der Waals surface area contributed by atoms with Crippen LogP contribution < -0.4 is 10.1 Å². The maximum atomic E-state index is 6.16. The van der Waals surface area contributed by atoms with E-state index in [-0.39, 0.29) is 6.10 Å². The molecule has 16 heavy (non-hydrogen) atoms. The Balaban J connectivity index is 2.09. The van der Waals surface area contributed by atoms with Gasteiger partial charge in [-0.3, -0.25) is 0 Å². The molecular formula is C12H16ClNO2. The van der Waals surface area contributed by atoms with E-state index in [1.165, 1.54) is 0 Å². The van der Waals surface area contributed by atoms with Crippen LogP contribution in [0.4, 0.5) is 0 Å². The number of benzene rings is 1. The van der Waals surface area contributed by atoms with Crippen molar-refractivity contribution in [1.29, 1.82) is 0 Å². The van der Waals surface area contributed by atoms with E-state index in [0.29, 0.717) is 24.3 Å². The molecule has 2 rings (SSSR count). The first-order valence-electron chi connectivity index (χ1n) is 5.42. The van der Waals surface area contributed by atoms with Gasteiger partial charge in [0, 0.05) is 6.04 Å². The molecule has 0 amide bonds. The van der Waals surface area contributed by atoms with Crippen LogP contribution in [0, 0.1) is 0 Å². The third-order valence-corrected chi connectivity index (χ3v) is 3.09. The molecule has 1 saturated heterocycles. The predicted octanol–water partition coefficient (Wildman–Crippen LogP) is 2.40. The van der Waals surface area contributed by atoms with Gasteiger partial charge in [0.05, 0.1) is 18.2 Å². The van der Waals surface area contributed by atoms with Crippen molar-refractivity contribution < 1.29 is 9.47 Å². The maximum absolute atomic E-state index is 6.16. The van der Waals surface area contributed by atoms with Crippen LogP contribution in [0.5, 0.6) is 5.75 Å². The lowest BCUT2D eigenvalue weighted by Crippen LogP contribution is -2.38. The smallest absolute Gasteiger partial charge is 0.145 e. The van der Waals surface area contributed by atoms with Crippen LogP contribution in [0.1, 0.15) is 18.5 Å². The fourth-order valence-corrected chi connectivity index (χ4v) is 1.74. The Morgan fingerprint density at radius 1 is 1.50 bits per heavy atom. The molecule has 0 saturated carbocycles. The molecular weight excluding hydrogens is 226 g/mol. The van der Waals surface area contributed by atoms with Gasteiger partial charge >= 0.3 is 0 Å². The quantitative estimate of drug-likeness (QED) is 0.878. The number of hydrogen-bond acceptors (Lipinski definition) is 3. The average Bonchev–Trinajstić information content (AvgIpc) is 2.23. The highest BCUT2D eigenvalue weighted by molar-refractivity contribution is 6.32. The van der Waals surface area contributed by atoms with Crippen LogP contribution in [0.2, 0.25) is 5.02 Å². The van der Waals surface area contributed by atoms with Gasteiger partial charge in [-0.05, 0) is 31.7 Å². The van der Waals surface area contributed by atoms with E-state index in [1.807, 2.05) is 25.2 Å². The minimum atomic E-state index is 0.157. The Hall–Kier alpha value is -0.770. The minimum Gasteiger partial charge on any atom is -0.484 e. The summed E-state index contributed by atoms with van der Waals surface area (Å²) < 4.78 is 10.7. The SMILES string of the molecule is CNC(C)c1ccc(OC2COC2)c(Cl)c1. The van der Waals surface area contributed by atoms with Crippen LogP contribution in [-0.2, 0) is 4.74 Å². The Kier molecular flexibility index (Phi) is 3.69. The van der Waals surface area contributed by atoms with Gasteiger partial charge in [0.2, 0.25) is 0 Å². The summed E-state index contributed by atoms with van der Waals surface area (Å²) in [5.74, 6) is 0.738. The molecule has 0 aromatic heterocycles. The van der Waals surface area contributed by atoms with E-state index in [9.17, 15) is 0 Å². The lowest BCUT2D eigenvalue weighted by molar-refractivity contribution is -0.0796. The van der Waals surface area contributed by atoms with Crippen molar-refractivity contribution in [3.63, 3.8) is 0 Å². The number of halogens is 1. The van der Waals surface area contributed by atoms with Gasteiger partial charge in [-0.1, -0.05) is 17.7 Å². The van der Waals surface area contributed by atoms with Crippen LogP contribution >= 0.6 is 11.6 Å². The van der Waals surface area contributed by atoms with Gasteiger partial charge < -0.3 is 14.8 Å². The molecule has 0 bridgehead atoms. The maximum Gasteiger partial charge on any atom is 0.145 e. The minimum absolute atomic E-state index is 0.157. The summed E-state index contributed by atoms with van der Waals surface area (Å²) in [5, 5.41) is 3.83. The van der Waals surface area contributed by atoms with Crippen LogP contribution in [0.3, 0.4) is 0 Å². The Labute approximate surface area is 101 Å². The predicted molar refractivity (Wildman–Crippen MR) is 64.2 cm³/mol. The van der Waals surface area contributed by atoms with Gasteiger partial charge in [0.15, 0.2) is 0 Å². The van der Waals surface area contributed by atoms with Crippen molar-refractivity contribution in [2.75, 3.05) is 20.3 Å². The zero-order valence-corrected chi connectivity index (χ0v) is 10.3. The van der Waals surface area contributed by atoms with Crippen molar-refractivity contribution in [2.24, 2.45) is 0 Å². The van der Waals surface area contributed by atoms with Crippen LogP contribution in [-0.4, -0.2) is 26.4 Å². The third kappa shape index (κ3) is 2.48. The first-order chi connectivity index (χ1) is 7.70. The van der Waals surface area contributed by atoms with E-state index >= 15 is 0 Å². The summed E-state index contributed by atoms with van der Waals surface area (Å²) in [6, 6.07) is 6.18. The van der Waals surface area contributed by atoms with E-state index in [0.717, 1.165) is 11.3 Å². The molecule has 1 aliphatic rings. The fraction of sp³-hybridized carbons (Fsp3) is 0.500. The second-order valence-corrected chi connectivity index (χ2v) is 4.38. The van der Waals surface area contributed by atoms with Gasteiger partial charge in [-0.2, -0.15) is 0 Å².